The molecule has 3 heterocycles. The van der Waals surface area contributed by atoms with Crippen LogP contribution in [0.5, 0.6) is 17.2 Å². The van der Waals surface area contributed by atoms with Crippen LogP contribution < -0.4 is 14.2 Å². The Bertz CT molecular complexity index is 1260. The molecule has 0 saturated carbocycles. The van der Waals surface area contributed by atoms with Gasteiger partial charge in [0.15, 0.2) is 5.78 Å². The Morgan fingerprint density at radius 1 is 1.08 bits per heavy atom. The van der Waals surface area contributed by atoms with E-state index in [9.17, 15) is 9.59 Å². The topological polar surface area (TPSA) is 82.9 Å². The van der Waals surface area contributed by atoms with Crippen LogP contribution in [0.3, 0.4) is 0 Å². The number of likely N-dealkylation sites (tertiary alicyclic amines) is 1. The second kappa shape index (κ2) is 9.68. The number of fused-ring (bicyclic) bond motifs is 1. The van der Waals surface area contributed by atoms with E-state index in [1.54, 1.807) is 23.0 Å². The van der Waals surface area contributed by atoms with Crippen molar-refractivity contribution in [2.45, 2.75) is 38.7 Å². The third-order valence-corrected chi connectivity index (χ3v) is 6.86. The number of ketones is 1. The van der Waals surface area contributed by atoms with Crippen LogP contribution in [0.4, 0.5) is 0 Å². The molecule has 1 fully saturated rings. The fourth-order valence-electron chi connectivity index (χ4n) is 5.11. The molecule has 3 aromatic rings. The van der Waals surface area contributed by atoms with Crippen molar-refractivity contribution in [2.24, 2.45) is 7.05 Å². The molecule has 8 heteroatoms. The Labute approximate surface area is 210 Å². The summed E-state index contributed by atoms with van der Waals surface area (Å²) in [6.07, 6.45) is 5.20. The van der Waals surface area contributed by atoms with Crippen LogP contribution >= 0.6 is 0 Å². The summed E-state index contributed by atoms with van der Waals surface area (Å²) in [7, 11) is 1.85. The van der Waals surface area contributed by atoms with E-state index in [0.717, 1.165) is 11.1 Å². The molecule has 0 unspecified atom stereocenters. The number of hydrogen-bond donors (Lipinski definition) is 0. The number of amides is 1. The second-order valence-corrected chi connectivity index (χ2v) is 9.29. The summed E-state index contributed by atoms with van der Waals surface area (Å²) in [5.74, 6) is 1.83. The lowest BCUT2D eigenvalue weighted by Crippen LogP contribution is -2.52. The van der Waals surface area contributed by atoms with Crippen molar-refractivity contribution in [3.63, 3.8) is 0 Å². The Morgan fingerprint density at radius 3 is 2.36 bits per heavy atom. The van der Waals surface area contributed by atoms with Crippen LogP contribution in [-0.4, -0.2) is 58.3 Å². The van der Waals surface area contributed by atoms with Crippen LogP contribution in [0.1, 0.15) is 53.8 Å². The van der Waals surface area contributed by atoms with Gasteiger partial charge in [-0.05, 0) is 38.1 Å². The lowest BCUT2D eigenvalue weighted by molar-refractivity contribution is -0.00572. The van der Waals surface area contributed by atoms with Gasteiger partial charge >= 0.3 is 0 Å². The highest BCUT2D eigenvalue weighted by Crippen LogP contribution is 2.42. The normalized spacial score (nSPS) is 16.4. The quantitative estimate of drug-likeness (QED) is 0.506. The number of benzene rings is 2. The van der Waals surface area contributed by atoms with Crippen molar-refractivity contribution in [3.8, 4) is 28.4 Å². The molecule has 2 aliphatic heterocycles. The van der Waals surface area contributed by atoms with Gasteiger partial charge < -0.3 is 19.1 Å². The minimum absolute atomic E-state index is 0.0907. The molecule has 1 amide bonds. The largest absolute Gasteiger partial charge is 0.493 e. The Morgan fingerprint density at radius 2 is 1.75 bits per heavy atom. The summed E-state index contributed by atoms with van der Waals surface area (Å²) in [4.78, 5) is 28.2. The molecule has 36 heavy (non-hydrogen) atoms. The number of carbonyl (C=O) groups excluding carboxylic acids is 2. The van der Waals surface area contributed by atoms with Crippen molar-refractivity contribution in [2.75, 3.05) is 26.3 Å². The summed E-state index contributed by atoms with van der Waals surface area (Å²) in [6, 6.07) is 11.0. The number of aryl methyl sites for hydroxylation is 1. The third-order valence-electron chi connectivity index (χ3n) is 6.86. The molecule has 0 radical (unpaired) electrons. The monoisotopic (exact) mass is 489 g/mol. The number of carbonyl (C=O) groups is 2. The Balaban J connectivity index is 1.39. The van der Waals surface area contributed by atoms with E-state index >= 15 is 0 Å². The molecule has 0 N–H and O–H groups in total. The Hall–Kier alpha value is -3.81. The Kier molecular flexibility index (Phi) is 6.43. The fourth-order valence-corrected chi connectivity index (χ4v) is 5.11. The molecule has 8 nitrogen and oxygen atoms in total. The van der Waals surface area contributed by atoms with Gasteiger partial charge in [-0.2, -0.15) is 5.10 Å². The zero-order chi connectivity index (χ0) is 25.3. The van der Waals surface area contributed by atoms with Crippen molar-refractivity contribution in [1.29, 1.82) is 0 Å². The highest BCUT2D eigenvalue weighted by molar-refractivity contribution is 6.00. The molecule has 0 bridgehead atoms. The number of nitrogens with zero attached hydrogens (tertiary/aromatic N) is 3. The molecular formula is C28H31N3O5. The van der Waals surface area contributed by atoms with E-state index in [2.05, 4.69) is 5.10 Å². The van der Waals surface area contributed by atoms with Gasteiger partial charge in [-0.25, -0.2) is 0 Å². The number of hydrogen-bond acceptors (Lipinski definition) is 6. The van der Waals surface area contributed by atoms with Crippen LogP contribution in [0, 0.1) is 0 Å². The first-order valence-corrected chi connectivity index (χ1v) is 12.5. The second-order valence-electron chi connectivity index (χ2n) is 9.29. The molecule has 2 aromatic carbocycles. The molecule has 1 saturated heterocycles. The number of Topliss-reactive ketones (excluding diaryl/α,β-unsaturated/α-hetero) is 1. The van der Waals surface area contributed by atoms with Gasteiger partial charge in [0.1, 0.15) is 22.8 Å². The van der Waals surface area contributed by atoms with E-state index in [1.807, 2.05) is 56.3 Å². The number of rotatable bonds is 6. The molecule has 0 atom stereocenters. The molecule has 1 spiro atoms. The summed E-state index contributed by atoms with van der Waals surface area (Å²) < 4.78 is 20.0. The van der Waals surface area contributed by atoms with Gasteiger partial charge in [-0.15, -0.1) is 0 Å². The highest BCUT2D eigenvalue weighted by Gasteiger charge is 2.43. The first-order valence-electron chi connectivity index (χ1n) is 12.5. The summed E-state index contributed by atoms with van der Waals surface area (Å²) in [5.41, 5.74) is 2.24. The molecular weight excluding hydrogens is 458 g/mol. The zero-order valence-corrected chi connectivity index (χ0v) is 21.0. The van der Waals surface area contributed by atoms with Gasteiger partial charge in [0.25, 0.3) is 5.91 Å². The maximum atomic E-state index is 13.6. The van der Waals surface area contributed by atoms with Crippen LogP contribution in [-0.2, 0) is 7.05 Å². The van der Waals surface area contributed by atoms with E-state index in [4.69, 9.17) is 14.2 Å². The summed E-state index contributed by atoms with van der Waals surface area (Å²) >= 11 is 0. The molecule has 5 rings (SSSR count). The van der Waals surface area contributed by atoms with Crippen molar-refractivity contribution in [3.05, 3.63) is 59.9 Å². The lowest BCUT2D eigenvalue weighted by atomic mass is 9.82. The smallest absolute Gasteiger partial charge is 0.254 e. The van der Waals surface area contributed by atoms with E-state index < -0.39 is 5.60 Å². The van der Waals surface area contributed by atoms with E-state index in [-0.39, 0.29) is 11.7 Å². The highest BCUT2D eigenvalue weighted by atomic mass is 16.5. The average molecular weight is 490 g/mol. The van der Waals surface area contributed by atoms with Gasteiger partial charge in [-0.1, -0.05) is 12.1 Å². The third kappa shape index (κ3) is 4.43. The van der Waals surface area contributed by atoms with E-state index in [0.29, 0.717) is 73.9 Å². The minimum atomic E-state index is -0.556. The minimum Gasteiger partial charge on any atom is -0.493 e. The number of piperidine rings is 1. The van der Waals surface area contributed by atoms with Gasteiger partial charge in [0, 0.05) is 50.3 Å². The van der Waals surface area contributed by atoms with E-state index in [1.165, 1.54) is 0 Å². The van der Waals surface area contributed by atoms with Crippen molar-refractivity contribution in [1.82, 2.24) is 14.7 Å². The molecule has 1 aromatic heterocycles. The fraction of sp³-hybridized carbons (Fsp3) is 0.393. The zero-order valence-electron chi connectivity index (χ0n) is 21.0. The first-order chi connectivity index (χ1) is 17.4. The maximum absolute atomic E-state index is 13.6. The van der Waals surface area contributed by atoms with Gasteiger partial charge in [0.2, 0.25) is 0 Å². The van der Waals surface area contributed by atoms with Crippen molar-refractivity contribution >= 4 is 11.7 Å². The van der Waals surface area contributed by atoms with Gasteiger partial charge in [-0.3, -0.25) is 14.3 Å². The van der Waals surface area contributed by atoms with Crippen LogP contribution in [0.15, 0.2) is 48.8 Å². The average Bonchev–Trinajstić information content (AvgIpc) is 3.30. The van der Waals surface area contributed by atoms with Crippen LogP contribution in [0.2, 0.25) is 0 Å². The standard InChI is InChI=1S/C28H31N3O5/c1-4-34-24-14-19(15-25(35-5-2)26(24)20-17-29-30(3)18-20)27(33)31-12-10-28(11-13-31)16-22(32)21-8-6-7-9-23(21)36-28/h6-9,14-15,17-18H,4-5,10-13,16H2,1-3H3. The maximum Gasteiger partial charge on any atom is 0.254 e. The number of aromatic nitrogens is 2. The van der Waals surface area contributed by atoms with Gasteiger partial charge in [0.05, 0.1) is 37.0 Å². The lowest BCUT2D eigenvalue weighted by Gasteiger charge is -2.44. The summed E-state index contributed by atoms with van der Waals surface area (Å²) in [5, 5.41) is 4.28. The number of ether oxygens (including phenoxy) is 3. The number of para-hydroxylation sites is 1. The van der Waals surface area contributed by atoms with Crippen molar-refractivity contribution < 1.29 is 23.8 Å². The first kappa shape index (κ1) is 23.9. The molecule has 2 aliphatic rings. The molecule has 188 valence electrons. The molecule has 0 aliphatic carbocycles. The SMILES string of the molecule is CCOc1cc(C(=O)N2CCC3(CC2)CC(=O)c2ccccc2O3)cc(OCC)c1-c1cnn(C)c1. The predicted octanol–water partition coefficient (Wildman–Crippen LogP) is 4.52. The summed E-state index contributed by atoms with van der Waals surface area (Å²) in [6.45, 7) is 5.75. The predicted molar refractivity (Wildman–Crippen MR) is 135 cm³/mol. The van der Waals surface area contributed by atoms with Crippen LogP contribution in [0.25, 0.3) is 11.1 Å².